The van der Waals surface area contributed by atoms with Crippen molar-refractivity contribution in [1.29, 1.82) is 0 Å². The van der Waals surface area contributed by atoms with Gasteiger partial charge < -0.3 is 55.5 Å². The third kappa shape index (κ3) is 15.0. The van der Waals surface area contributed by atoms with Gasteiger partial charge in [-0.15, -0.1) is 0 Å². The second kappa shape index (κ2) is 27.5. The Morgan fingerprint density at radius 2 is 1.67 bits per heavy atom. The first-order valence-electron chi connectivity index (χ1n) is 28.3. The summed E-state index contributed by atoms with van der Waals surface area (Å²) in [5.41, 5.74) is 3.93. The van der Waals surface area contributed by atoms with E-state index in [1.54, 1.807) is 19.2 Å². The molecule has 8 N–H and O–H groups in total. The molecular formula is C57H73F2N10O12P. The number of hydrogen-bond donors (Lipinski definition) is 7. The van der Waals surface area contributed by atoms with Gasteiger partial charge in [0.1, 0.15) is 35.7 Å². The SMILES string of the molecule is CN1CC[C@H]2CC[C@@H](C(=O)N[C@@H](CCC(N)=O)C(=O)NC(COCCCCCCCCCC#Cc3cccc4c3CN(C3CCC(=O)NC3=O)C4=O)c3ccccc3)N2C(=O)[C@@H](NC(=O)c2cn3c(n2)CC(C(F)(F)P(=O)(O)O)CC3)C1. The molecule has 25 heteroatoms. The Kier molecular flexibility index (Phi) is 20.5. The summed E-state index contributed by atoms with van der Waals surface area (Å²) in [7, 11) is -3.99. The first-order chi connectivity index (χ1) is 39.2. The third-order valence-corrected chi connectivity index (χ3v) is 17.3. The molecule has 5 aliphatic rings. The van der Waals surface area contributed by atoms with E-state index in [-0.39, 0.29) is 81.7 Å². The lowest BCUT2D eigenvalue weighted by Crippen LogP contribution is -2.61. The van der Waals surface area contributed by atoms with Crippen LogP contribution in [0.25, 0.3) is 0 Å². The molecule has 5 aliphatic heterocycles. The fourth-order valence-corrected chi connectivity index (χ4v) is 12.3. The van der Waals surface area contributed by atoms with Gasteiger partial charge in [-0.3, -0.25) is 48.2 Å². The zero-order valence-corrected chi connectivity index (χ0v) is 46.9. The minimum Gasteiger partial charge on any atom is -0.379 e. The Labute approximate surface area is 474 Å². The van der Waals surface area contributed by atoms with Crippen molar-refractivity contribution >= 4 is 54.9 Å². The summed E-state index contributed by atoms with van der Waals surface area (Å²) in [6, 6.07) is 9.48. The Balaban J connectivity index is 0.793. The number of imidazole rings is 1. The van der Waals surface area contributed by atoms with E-state index in [4.69, 9.17) is 10.5 Å². The number of nitrogens with two attached hydrogens (primary N) is 1. The molecule has 8 rings (SSSR count). The molecule has 3 saturated heterocycles. The van der Waals surface area contributed by atoms with Crippen molar-refractivity contribution in [2.75, 3.05) is 33.4 Å². The Hall–Kier alpha value is -6.90. The maximum Gasteiger partial charge on any atom is 0.394 e. The molecular weight excluding hydrogens is 1090 g/mol. The van der Waals surface area contributed by atoms with Crippen molar-refractivity contribution in [3.05, 3.63) is 88.5 Å². The zero-order valence-electron chi connectivity index (χ0n) is 46.0. The predicted molar refractivity (Wildman–Crippen MR) is 293 cm³/mol. The predicted octanol–water partition coefficient (Wildman–Crippen LogP) is 3.57. The molecule has 3 fully saturated rings. The molecule has 6 heterocycles. The molecule has 0 bridgehead atoms. The fraction of sp³-hybridized carbons (Fsp3) is 0.561. The highest BCUT2D eigenvalue weighted by Crippen LogP contribution is 2.58. The number of primary amides is 1. The van der Waals surface area contributed by atoms with E-state index in [1.165, 1.54) is 20.6 Å². The molecule has 8 amide bonds. The number of aryl methyl sites for hydroxylation is 1. The number of fused-ring (bicyclic) bond motifs is 3. The lowest BCUT2D eigenvalue weighted by atomic mass is 9.98. The number of imide groups is 1. The number of ether oxygens (including phenoxy) is 1. The third-order valence-electron chi connectivity index (χ3n) is 16.1. The van der Waals surface area contributed by atoms with Crippen molar-refractivity contribution in [2.45, 2.75) is 164 Å². The Morgan fingerprint density at radius 1 is 0.927 bits per heavy atom. The molecule has 82 heavy (non-hydrogen) atoms. The van der Waals surface area contributed by atoms with Crippen LogP contribution in [-0.4, -0.2) is 151 Å². The van der Waals surface area contributed by atoms with Crippen molar-refractivity contribution in [3.63, 3.8) is 0 Å². The molecule has 7 atom stereocenters. The smallest absolute Gasteiger partial charge is 0.379 e. The monoisotopic (exact) mass is 1160 g/mol. The summed E-state index contributed by atoms with van der Waals surface area (Å²) in [5.74, 6) is 0.577. The second-order valence-corrected chi connectivity index (χ2v) is 23.7. The fourth-order valence-electron chi connectivity index (χ4n) is 11.6. The Bertz CT molecular complexity index is 2980. The van der Waals surface area contributed by atoms with E-state index < -0.39 is 97.3 Å². The van der Waals surface area contributed by atoms with Crippen LogP contribution in [0.4, 0.5) is 8.78 Å². The number of likely N-dealkylation sites (N-methyl/N-ethyl adjacent to an activating group) is 1. The molecule has 0 aliphatic carbocycles. The summed E-state index contributed by atoms with van der Waals surface area (Å²) < 4.78 is 48.4. The number of aromatic nitrogens is 2. The van der Waals surface area contributed by atoms with Crippen LogP contribution in [-0.2, 0) is 57.6 Å². The first-order valence-corrected chi connectivity index (χ1v) is 29.9. The highest BCUT2D eigenvalue weighted by molar-refractivity contribution is 7.53. The summed E-state index contributed by atoms with van der Waals surface area (Å²) in [6.07, 6.45) is 9.41. The molecule has 442 valence electrons. The maximum atomic E-state index is 14.6. The van der Waals surface area contributed by atoms with E-state index in [2.05, 4.69) is 38.1 Å². The highest BCUT2D eigenvalue weighted by Gasteiger charge is 2.56. The van der Waals surface area contributed by atoms with E-state index in [9.17, 15) is 61.5 Å². The van der Waals surface area contributed by atoms with E-state index >= 15 is 0 Å². The summed E-state index contributed by atoms with van der Waals surface area (Å²) in [6.45, 7) is 1.34. The second-order valence-electron chi connectivity index (χ2n) is 22.0. The van der Waals surface area contributed by atoms with Gasteiger partial charge in [-0.05, 0) is 88.2 Å². The number of piperidine rings is 1. The van der Waals surface area contributed by atoms with Gasteiger partial charge in [0.2, 0.25) is 35.4 Å². The quantitative estimate of drug-likeness (QED) is 0.0292. The van der Waals surface area contributed by atoms with Crippen molar-refractivity contribution < 1.29 is 66.2 Å². The van der Waals surface area contributed by atoms with Gasteiger partial charge in [-0.2, -0.15) is 8.78 Å². The summed E-state index contributed by atoms with van der Waals surface area (Å²) in [4.78, 5) is 134. The highest BCUT2D eigenvalue weighted by atomic mass is 31.2. The molecule has 3 unspecified atom stereocenters. The molecule has 3 aromatic rings. The van der Waals surface area contributed by atoms with Crippen molar-refractivity contribution in [2.24, 2.45) is 11.7 Å². The van der Waals surface area contributed by atoms with E-state index in [1.807, 2.05) is 41.3 Å². The minimum absolute atomic E-state index is 0.0378. The molecule has 0 spiro atoms. The number of unbranched alkanes of at least 4 members (excludes halogenated alkanes) is 7. The average Bonchev–Trinajstić information content (AvgIpc) is 4.36. The van der Waals surface area contributed by atoms with Gasteiger partial charge in [0.15, 0.2) is 0 Å². The zero-order chi connectivity index (χ0) is 58.7. The number of rotatable bonds is 24. The summed E-state index contributed by atoms with van der Waals surface area (Å²) in [5, 5.41) is 10.9. The topological polar surface area (TPSA) is 305 Å². The standard InChI is InChI=1S/C57H73F2N10O12P/c1-66-28-27-39-20-22-47(69(39)56(77)44(33-66)63-52(73)43-34-67-29-26-38(31-49(67)61-43)57(58,59)82(78,79)80)54(75)62-42(21-24-48(60)70)51(72)64-45(37-16-11-9-12-17-37)35-81-30-13-8-6-4-2-3-5-7-10-15-36-18-14-19-40-41(36)32-68(55(40)76)46-23-25-50(71)65-53(46)74/h9,11-12,14,16-19,34,38-39,42,44-47H,2-8,13,20-33,35H2,1H3,(H2,60,70)(H,62,75)(H,63,73)(H,64,72)(H,65,71,74)(H2,78,79,80)/t38?,39-,42+,44+,45?,46?,47+/m1/s1. The van der Waals surface area contributed by atoms with Gasteiger partial charge in [0, 0.05) is 81.2 Å². The number of amides is 8. The number of nitrogens with one attached hydrogen (secondary N) is 4. The molecule has 22 nitrogen and oxygen atoms in total. The average molecular weight is 1160 g/mol. The van der Waals surface area contributed by atoms with Gasteiger partial charge in [0.25, 0.3) is 11.8 Å². The van der Waals surface area contributed by atoms with Crippen LogP contribution in [0, 0.1) is 17.8 Å². The summed E-state index contributed by atoms with van der Waals surface area (Å²) >= 11 is 0. The van der Waals surface area contributed by atoms with Crippen LogP contribution in [0.2, 0.25) is 0 Å². The Morgan fingerprint density at radius 3 is 2.40 bits per heavy atom. The van der Waals surface area contributed by atoms with Gasteiger partial charge in [0.05, 0.1) is 12.6 Å². The molecule has 1 aromatic heterocycles. The number of alkyl halides is 2. The van der Waals surface area contributed by atoms with Crippen LogP contribution in [0.15, 0.2) is 54.7 Å². The van der Waals surface area contributed by atoms with Crippen LogP contribution < -0.4 is 27.0 Å². The number of carbonyl (C=O) groups excluding carboxylic acids is 8. The number of hydrogen-bond acceptors (Lipinski definition) is 12. The van der Waals surface area contributed by atoms with E-state index in [0.29, 0.717) is 44.4 Å². The van der Waals surface area contributed by atoms with Gasteiger partial charge in [-0.25, -0.2) is 4.98 Å². The van der Waals surface area contributed by atoms with Crippen molar-refractivity contribution in [1.82, 2.24) is 45.5 Å². The van der Waals surface area contributed by atoms with Crippen LogP contribution in [0.1, 0.15) is 152 Å². The minimum atomic E-state index is -5.77. The number of nitrogens with zero attached hydrogens (tertiary/aromatic N) is 5. The molecule has 2 aromatic carbocycles. The number of carbonyl (C=O) groups is 8. The largest absolute Gasteiger partial charge is 0.394 e. The number of halogens is 2. The normalized spacial score (nSPS) is 21.9. The van der Waals surface area contributed by atoms with Crippen LogP contribution in [0.3, 0.4) is 0 Å². The first kappa shape index (κ1) is 61.2. The van der Waals surface area contributed by atoms with Crippen molar-refractivity contribution in [3.8, 4) is 11.8 Å². The molecule has 0 saturated carbocycles. The maximum absolute atomic E-state index is 14.6. The lowest BCUT2D eigenvalue weighted by molar-refractivity contribution is -0.144. The van der Waals surface area contributed by atoms with Crippen LogP contribution in [0.5, 0.6) is 0 Å². The lowest BCUT2D eigenvalue weighted by Gasteiger charge is -2.38. The molecule has 0 radical (unpaired) electrons. The van der Waals surface area contributed by atoms with E-state index in [0.717, 1.165) is 61.6 Å². The van der Waals surface area contributed by atoms with Gasteiger partial charge in [-0.1, -0.05) is 80.3 Å². The van der Waals surface area contributed by atoms with Crippen LogP contribution >= 0.6 is 7.60 Å². The van der Waals surface area contributed by atoms with Gasteiger partial charge >= 0.3 is 13.3 Å². The number of benzene rings is 2.